The van der Waals surface area contributed by atoms with Gasteiger partial charge in [-0.05, 0) is 67.1 Å². The topological polar surface area (TPSA) is 97.4 Å². The average Bonchev–Trinajstić information content (AvgIpc) is 2.68. The van der Waals surface area contributed by atoms with Gasteiger partial charge in [-0.2, -0.15) is 0 Å². The highest BCUT2D eigenvalue weighted by Crippen LogP contribution is 2.26. The maximum Gasteiger partial charge on any atom is 0.263 e. The van der Waals surface area contributed by atoms with Crippen LogP contribution in [0.4, 0.5) is 11.5 Å². The minimum absolute atomic E-state index is 0.00348. The molecule has 2 aromatic carbocycles. The lowest BCUT2D eigenvalue weighted by Gasteiger charge is -2.12. The summed E-state index contributed by atoms with van der Waals surface area (Å²) in [6, 6.07) is 13.9. The van der Waals surface area contributed by atoms with Crippen molar-refractivity contribution in [3.8, 4) is 5.75 Å². The first-order valence-electron chi connectivity index (χ1n) is 8.49. The van der Waals surface area contributed by atoms with Gasteiger partial charge in [-0.25, -0.2) is 13.4 Å². The number of aryl methyl sites for hydroxylation is 1. The Labute approximate surface area is 173 Å². The molecule has 0 saturated heterocycles. The Morgan fingerprint density at radius 2 is 1.79 bits per heavy atom. The summed E-state index contributed by atoms with van der Waals surface area (Å²) in [5.41, 5.74) is 1.40. The number of amides is 1. The summed E-state index contributed by atoms with van der Waals surface area (Å²) in [5, 5.41) is 2.63. The van der Waals surface area contributed by atoms with Crippen LogP contribution in [0.25, 0.3) is 0 Å². The van der Waals surface area contributed by atoms with E-state index in [9.17, 15) is 13.2 Å². The number of carbonyl (C=O) groups excluding carboxylic acids is 1. The van der Waals surface area contributed by atoms with E-state index in [2.05, 4.69) is 15.0 Å². The number of sulfonamides is 1. The third-order valence-corrected chi connectivity index (χ3v) is 5.85. The van der Waals surface area contributed by atoms with Crippen molar-refractivity contribution in [3.63, 3.8) is 0 Å². The van der Waals surface area contributed by atoms with E-state index in [1.54, 1.807) is 42.6 Å². The first-order chi connectivity index (χ1) is 13.8. The fraction of sp³-hybridized carbons (Fsp3) is 0.100. The third-order valence-electron chi connectivity index (χ3n) is 3.98. The van der Waals surface area contributed by atoms with Gasteiger partial charge in [-0.3, -0.25) is 9.52 Å². The highest BCUT2D eigenvalue weighted by molar-refractivity contribution is 7.92. The molecule has 0 fully saturated rings. The van der Waals surface area contributed by atoms with Crippen molar-refractivity contribution in [2.24, 2.45) is 0 Å². The minimum Gasteiger partial charge on any atom is -0.497 e. The van der Waals surface area contributed by atoms with Crippen LogP contribution in [0.5, 0.6) is 5.75 Å². The van der Waals surface area contributed by atoms with Gasteiger partial charge < -0.3 is 10.1 Å². The summed E-state index contributed by atoms with van der Waals surface area (Å²) in [7, 11) is -2.50. The molecule has 9 heteroatoms. The van der Waals surface area contributed by atoms with Crippen molar-refractivity contribution < 1.29 is 17.9 Å². The van der Waals surface area contributed by atoms with Crippen molar-refractivity contribution in [2.45, 2.75) is 11.8 Å². The first kappa shape index (κ1) is 20.6. The van der Waals surface area contributed by atoms with E-state index in [0.29, 0.717) is 17.3 Å². The summed E-state index contributed by atoms with van der Waals surface area (Å²) in [4.78, 5) is 16.4. The van der Waals surface area contributed by atoms with Gasteiger partial charge in [0.05, 0.1) is 12.1 Å². The first-order valence-corrected chi connectivity index (χ1v) is 10.3. The number of rotatable bonds is 6. The van der Waals surface area contributed by atoms with Gasteiger partial charge in [0, 0.05) is 17.4 Å². The molecule has 0 aliphatic rings. The van der Waals surface area contributed by atoms with Gasteiger partial charge >= 0.3 is 0 Å². The van der Waals surface area contributed by atoms with E-state index >= 15 is 0 Å². The van der Waals surface area contributed by atoms with Crippen molar-refractivity contribution >= 4 is 39.0 Å². The lowest BCUT2D eigenvalue weighted by molar-refractivity contribution is 0.102. The molecule has 3 rings (SSSR count). The molecule has 0 radical (unpaired) electrons. The van der Waals surface area contributed by atoms with Gasteiger partial charge in [0.2, 0.25) is 0 Å². The van der Waals surface area contributed by atoms with Crippen LogP contribution in [0.3, 0.4) is 0 Å². The molecule has 0 spiro atoms. The van der Waals surface area contributed by atoms with E-state index in [0.717, 1.165) is 5.56 Å². The fourth-order valence-electron chi connectivity index (χ4n) is 2.51. The number of nitrogens with one attached hydrogen (secondary N) is 2. The number of ether oxygens (including phenoxy) is 1. The zero-order valence-corrected chi connectivity index (χ0v) is 17.2. The van der Waals surface area contributed by atoms with Crippen LogP contribution in [-0.2, 0) is 10.0 Å². The molecule has 1 heterocycles. The summed E-state index contributed by atoms with van der Waals surface area (Å²) in [6.45, 7) is 1.87. The second-order valence-corrected chi connectivity index (χ2v) is 8.21. The maximum atomic E-state index is 12.8. The molecule has 0 aliphatic heterocycles. The molecule has 0 saturated carbocycles. The fourth-order valence-corrected chi connectivity index (χ4v) is 4.10. The Balaban J connectivity index is 1.86. The lowest BCUT2D eigenvalue weighted by Crippen LogP contribution is -2.17. The van der Waals surface area contributed by atoms with E-state index in [1.165, 1.54) is 25.3 Å². The Kier molecular flexibility index (Phi) is 6.05. The predicted octanol–water partition coefficient (Wildman–Crippen LogP) is 4.11. The Bertz CT molecular complexity index is 1150. The number of hydrogen-bond acceptors (Lipinski definition) is 5. The number of hydrogen-bond donors (Lipinski definition) is 2. The molecule has 0 unspecified atom stereocenters. The predicted molar refractivity (Wildman–Crippen MR) is 112 cm³/mol. The number of nitrogens with zero attached hydrogens (tertiary/aromatic N) is 1. The Morgan fingerprint density at radius 1 is 1.07 bits per heavy atom. The van der Waals surface area contributed by atoms with Crippen molar-refractivity contribution in [1.29, 1.82) is 0 Å². The number of carbonyl (C=O) groups is 1. The molecular formula is C20H18ClN3O4S. The Hall–Kier alpha value is -3.10. The second kappa shape index (κ2) is 8.50. The SMILES string of the molecule is COc1ccc(NS(=O)(=O)c2cc(C(=O)Nc3cc(C)ccn3)ccc2Cl)cc1. The molecular weight excluding hydrogens is 414 g/mol. The maximum absolute atomic E-state index is 12.8. The molecule has 0 atom stereocenters. The molecule has 0 bridgehead atoms. The summed E-state index contributed by atoms with van der Waals surface area (Å²) >= 11 is 6.10. The summed E-state index contributed by atoms with van der Waals surface area (Å²) < 4.78 is 33.1. The van der Waals surface area contributed by atoms with Gasteiger partial charge in [-0.1, -0.05) is 11.6 Å². The van der Waals surface area contributed by atoms with Crippen molar-refractivity contribution in [2.75, 3.05) is 17.1 Å². The quantitative estimate of drug-likeness (QED) is 0.612. The molecule has 29 heavy (non-hydrogen) atoms. The summed E-state index contributed by atoms with van der Waals surface area (Å²) in [5.74, 6) is 0.459. The van der Waals surface area contributed by atoms with Crippen LogP contribution in [-0.4, -0.2) is 26.4 Å². The average molecular weight is 432 g/mol. The van der Waals surface area contributed by atoms with Crippen LogP contribution in [0.1, 0.15) is 15.9 Å². The number of pyridine rings is 1. The normalized spacial score (nSPS) is 11.0. The van der Waals surface area contributed by atoms with E-state index in [4.69, 9.17) is 16.3 Å². The molecule has 3 aromatic rings. The lowest BCUT2D eigenvalue weighted by atomic mass is 10.2. The van der Waals surface area contributed by atoms with Crippen LogP contribution in [0.15, 0.2) is 65.7 Å². The number of anilines is 2. The van der Waals surface area contributed by atoms with Crippen LogP contribution in [0.2, 0.25) is 5.02 Å². The zero-order chi connectivity index (χ0) is 21.0. The van der Waals surface area contributed by atoms with Crippen LogP contribution in [0, 0.1) is 6.92 Å². The van der Waals surface area contributed by atoms with E-state index in [1.807, 2.05) is 6.92 Å². The van der Waals surface area contributed by atoms with Crippen LogP contribution < -0.4 is 14.8 Å². The highest BCUT2D eigenvalue weighted by atomic mass is 35.5. The number of methoxy groups -OCH3 is 1. The molecule has 2 N–H and O–H groups in total. The van der Waals surface area contributed by atoms with Crippen molar-refractivity contribution in [3.05, 3.63) is 76.9 Å². The molecule has 150 valence electrons. The molecule has 1 aromatic heterocycles. The molecule has 1 amide bonds. The zero-order valence-electron chi connectivity index (χ0n) is 15.6. The molecule has 0 aliphatic carbocycles. The Morgan fingerprint density at radius 3 is 2.45 bits per heavy atom. The molecule has 7 nitrogen and oxygen atoms in total. The summed E-state index contributed by atoms with van der Waals surface area (Å²) in [6.07, 6.45) is 1.57. The monoisotopic (exact) mass is 431 g/mol. The van der Waals surface area contributed by atoms with Crippen molar-refractivity contribution in [1.82, 2.24) is 4.98 Å². The van der Waals surface area contributed by atoms with E-state index < -0.39 is 15.9 Å². The standard InChI is InChI=1S/C20H18ClN3O4S/c1-13-9-10-22-19(11-13)23-20(25)14-3-8-17(21)18(12-14)29(26,27)24-15-4-6-16(28-2)7-5-15/h3-12,24H,1-2H3,(H,22,23,25). The number of aromatic nitrogens is 1. The number of benzene rings is 2. The smallest absolute Gasteiger partial charge is 0.263 e. The third kappa shape index (κ3) is 5.04. The van der Waals surface area contributed by atoms with Gasteiger partial charge in [0.1, 0.15) is 16.5 Å². The van der Waals surface area contributed by atoms with Gasteiger partial charge in [-0.15, -0.1) is 0 Å². The van der Waals surface area contributed by atoms with Gasteiger partial charge in [0.15, 0.2) is 0 Å². The second-order valence-electron chi connectivity index (χ2n) is 6.15. The highest BCUT2D eigenvalue weighted by Gasteiger charge is 2.21. The van der Waals surface area contributed by atoms with Crippen LogP contribution >= 0.6 is 11.6 Å². The minimum atomic E-state index is -4.02. The largest absolute Gasteiger partial charge is 0.497 e. The van der Waals surface area contributed by atoms with E-state index in [-0.39, 0.29) is 15.5 Å². The van der Waals surface area contributed by atoms with Gasteiger partial charge in [0.25, 0.3) is 15.9 Å². The number of halogens is 1.